The molecule has 0 N–H and O–H groups in total. The maximum absolute atomic E-state index is 9.01. The molecule has 0 aliphatic rings. The molecule has 0 aliphatic carbocycles. The highest BCUT2D eigenvalue weighted by atomic mass is 35.5. The van der Waals surface area contributed by atoms with Crippen LogP contribution >= 0.6 is 11.6 Å². The van der Waals surface area contributed by atoms with E-state index in [0.717, 1.165) is 16.9 Å². The maximum atomic E-state index is 9.01. The van der Waals surface area contributed by atoms with Gasteiger partial charge < -0.3 is 4.57 Å². The van der Waals surface area contributed by atoms with E-state index in [0.29, 0.717) is 23.8 Å². The van der Waals surface area contributed by atoms with Crippen molar-refractivity contribution in [3.8, 4) is 6.07 Å². The van der Waals surface area contributed by atoms with Crippen LogP contribution in [-0.4, -0.2) is 24.3 Å². The minimum Gasteiger partial charge on any atom is -0.319 e. The molecule has 0 amide bonds. The molecule has 0 unspecified atom stereocenters. The molecular formula is C13H11ClN6. The topological polar surface area (TPSA) is 72.3 Å². The zero-order valence-corrected chi connectivity index (χ0v) is 11.5. The van der Waals surface area contributed by atoms with Gasteiger partial charge in [0.15, 0.2) is 5.82 Å². The predicted molar refractivity (Wildman–Crippen MR) is 74.1 cm³/mol. The van der Waals surface area contributed by atoms with Gasteiger partial charge in [-0.25, -0.2) is 9.97 Å². The van der Waals surface area contributed by atoms with Crippen LogP contribution in [0.4, 0.5) is 0 Å². The summed E-state index contributed by atoms with van der Waals surface area (Å²) in [5, 5.41) is 13.3. The second-order valence-electron chi connectivity index (χ2n) is 4.40. The second kappa shape index (κ2) is 4.94. The third kappa shape index (κ3) is 2.12. The van der Waals surface area contributed by atoms with Crippen molar-refractivity contribution < 1.29 is 0 Å². The molecule has 0 atom stereocenters. The second-order valence-corrected chi connectivity index (χ2v) is 4.66. The van der Waals surface area contributed by atoms with Gasteiger partial charge in [-0.3, -0.25) is 4.68 Å². The van der Waals surface area contributed by atoms with E-state index in [4.69, 9.17) is 16.9 Å². The fourth-order valence-corrected chi connectivity index (χ4v) is 2.32. The molecule has 1 aromatic carbocycles. The summed E-state index contributed by atoms with van der Waals surface area (Å²) >= 11 is 5.95. The summed E-state index contributed by atoms with van der Waals surface area (Å²) in [5.74, 6) is 1.72. The Labute approximate surface area is 120 Å². The first-order chi connectivity index (χ1) is 9.71. The van der Waals surface area contributed by atoms with Gasteiger partial charge in [-0.15, -0.1) is 11.6 Å². The average molecular weight is 287 g/mol. The lowest BCUT2D eigenvalue weighted by Gasteiger charge is -2.04. The van der Waals surface area contributed by atoms with Gasteiger partial charge in [0.25, 0.3) is 0 Å². The van der Waals surface area contributed by atoms with Gasteiger partial charge in [0.1, 0.15) is 12.2 Å². The van der Waals surface area contributed by atoms with Gasteiger partial charge in [-0.1, -0.05) is 0 Å². The first-order valence-corrected chi connectivity index (χ1v) is 6.54. The SMILES string of the molecule is Cn1cnc(Cn2c(CCl)nc3ccc(C#N)cc32)n1. The standard InChI is InChI=1S/C13H11ClN6/c1-19-8-16-12(18-19)7-20-11-4-9(6-15)2-3-10(11)17-13(20)5-14/h2-4,8H,5,7H2,1H3. The number of hydrogen-bond donors (Lipinski definition) is 0. The van der Waals surface area contributed by atoms with Crippen LogP contribution in [-0.2, 0) is 19.5 Å². The number of hydrogen-bond acceptors (Lipinski definition) is 4. The van der Waals surface area contributed by atoms with Crippen molar-refractivity contribution in [2.24, 2.45) is 7.05 Å². The van der Waals surface area contributed by atoms with E-state index in [1.54, 1.807) is 23.1 Å². The molecule has 3 aromatic rings. The van der Waals surface area contributed by atoms with Crippen LogP contribution in [0.1, 0.15) is 17.2 Å². The van der Waals surface area contributed by atoms with Gasteiger partial charge in [0, 0.05) is 7.05 Å². The molecule has 100 valence electrons. The minimum absolute atomic E-state index is 0.295. The zero-order valence-electron chi connectivity index (χ0n) is 10.8. The first-order valence-electron chi connectivity index (χ1n) is 6.01. The smallest absolute Gasteiger partial charge is 0.170 e. The molecular weight excluding hydrogens is 276 g/mol. The summed E-state index contributed by atoms with van der Waals surface area (Å²) < 4.78 is 3.59. The summed E-state index contributed by atoms with van der Waals surface area (Å²) in [6.45, 7) is 0.480. The first kappa shape index (κ1) is 12.6. The Bertz CT molecular complexity index is 810. The van der Waals surface area contributed by atoms with Crippen molar-refractivity contribution in [3.63, 3.8) is 0 Å². The van der Waals surface area contributed by atoms with Crippen molar-refractivity contribution in [2.75, 3.05) is 0 Å². The summed E-state index contributed by atoms with van der Waals surface area (Å²) in [6.07, 6.45) is 1.65. The quantitative estimate of drug-likeness (QED) is 0.689. The number of aryl methyl sites for hydroxylation is 1. The molecule has 2 heterocycles. The van der Waals surface area contributed by atoms with Crippen molar-refractivity contribution in [1.29, 1.82) is 5.26 Å². The largest absolute Gasteiger partial charge is 0.319 e. The minimum atomic E-state index is 0.295. The normalized spacial score (nSPS) is 10.8. The number of benzene rings is 1. The molecule has 0 radical (unpaired) electrons. The summed E-state index contributed by atoms with van der Waals surface area (Å²) in [7, 11) is 1.82. The van der Waals surface area contributed by atoms with Crippen LogP contribution in [0, 0.1) is 11.3 Å². The molecule has 0 fully saturated rings. The van der Waals surface area contributed by atoms with E-state index in [-0.39, 0.29) is 0 Å². The Kier molecular flexibility index (Phi) is 3.12. The van der Waals surface area contributed by atoms with Crippen LogP contribution in [0.2, 0.25) is 0 Å². The highest BCUT2D eigenvalue weighted by molar-refractivity contribution is 6.16. The molecule has 0 saturated carbocycles. The lowest BCUT2D eigenvalue weighted by Crippen LogP contribution is -2.06. The van der Waals surface area contributed by atoms with Gasteiger partial charge in [-0.05, 0) is 18.2 Å². The zero-order chi connectivity index (χ0) is 14.1. The molecule has 0 saturated heterocycles. The molecule has 0 aliphatic heterocycles. The lowest BCUT2D eigenvalue weighted by molar-refractivity contribution is 0.697. The van der Waals surface area contributed by atoms with Crippen LogP contribution in [0.25, 0.3) is 11.0 Å². The molecule has 2 aromatic heterocycles. The van der Waals surface area contributed by atoms with Crippen molar-refractivity contribution >= 4 is 22.6 Å². The molecule has 20 heavy (non-hydrogen) atoms. The summed E-state index contributed by atoms with van der Waals surface area (Å²) in [6, 6.07) is 7.51. The fourth-order valence-electron chi connectivity index (χ4n) is 2.12. The average Bonchev–Trinajstić information content (AvgIpc) is 3.03. The van der Waals surface area contributed by atoms with Gasteiger partial charge in [0.2, 0.25) is 0 Å². The van der Waals surface area contributed by atoms with Gasteiger partial charge in [0.05, 0.1) is 35.1 Å². The van der Waals surface area contributed by atoms with E-state index >= 15 is 0 Å². The molecule has 0 spiro atoms. The molecule has 6 nitrogen and oxygen atoms in total. The summed E-state index contributed by atoms with van der Waals surface area (Å²) in [5.41, 5.74) is 2.27. The number of nitriles is 1. The van der Waals surface area contributed by atoms with Crippen molar-refractivity contribution in [2.45, 2.75) is 12.4 Å². The number of alkyl halides is 1. The van der Waals surface area contributed by atoms with Crippen molar-refractivity contribution in [1.82, 2.24) is 24.3 Å². The number of halogens is 1. The van der Waals surface area contributed by atoms with E-state index in [2.05, 4.69) is 21.1 Å². The number of imidazole rings is 1. The van der Waals surface area contributed by atoms with Crippen LogP contribution in [0.5, 0.6) is 0 Å². The highest BCUT2D eigenvalue weighted by Gasteiger charge is 2.12. The number of nitrogens with zero attached hydrogens (tertiary/aromatic N) is 6. The number of fused-ring (bicyclic) bond motifs is 1. The Balaban J connectivity index is 2.13. The van der Waals surface area contributed by atoms with E-state index in [1.807, 2.05) is 17.7 Å². The van der Waals surface area contributed by atoms with Gasteiger partial charge in [-0.2, -0.15) is 10.4 Å². The molecule has 0 bridgehead atoms. The molecule has 3 rings (SSSR count). The van der Waals surface area contributed by atoms with Crippen LogP contribution in [0.3, 0.4) is 0 Å². The lowest BCUT2D eigenvalue weighted by atomic mass is 10.2. The van der Waals surface area contributed by atoms with E-state index < -0.39 is 0 Å². The highest BCUT2D eigenvalue weighted by Crippen LogP contribution is 2.20. The van der Waals surface area contributed by atoms with Crippen LogP contribution < -0.4 is 0 Å². The Hall–Kier alpha value is -2.39. The maximum Gasteiger partial charge on any atom is 0.170 e. The Morgan fingerprint density at radius 3 is 2.90 bits per heavy atom. The van der Waals surface area contributed by atoms with Crippen LogP contribution in [0.15, 0.2) is 24.5 Å². The predicted octanol–water partition coefficient (Wildman–Crippen LogP) is 1.82. The van der Waals surface area contributed by atoms with E-state index in [1.165, 1.54) is 0 Å². The number of aromatic nitrogens is 5. The van der Waals surface area contributed by atoms with E-state index in [9.17, 15) is 0 Å². The Morgan fingerprint density at radius 1 is 1.40 bits per heavy atom. The fraction of sp³-hybridized carbons (Fsp3) is 0.231. The van der Waals surface area contributed by atoms with Crippen molar-refractivity contribution in [3.05, 3.63) is 41.7 Å². The third-order valence-electron chi connectivity index (χ3n) is 3.02. The summed E-state index contributed by atoms with van der Waals surface area (Å²) in [4.78, 5) is 8.68. The van der Waals surface area contributed by atoms with Gasteiger partial charge >= 0.3 is 0 Å². The third-order valence-corrected chi connectivity index (χ3v) is 3.26. The Morgan fingerprint density at radius 2 is 2.25 bits per heavy atom. The molecule has 7 heteroatoms. The monoisotopic (exact) mass is 286 g/mol. The number of rotatable bonds is 3.